The van der Waals surface area contributed by atoms with Crippen molar-refractivity contribution in [2.45, 2.75) is 44.8 Å². The summed E-state index contributed by atoms with van der Waals surface area (Å²) in [4.78, 5) is 6.48. The van der Waals surface area contributed by atoms with Gasteiger partial charge in [-0.1, -0.05) is 6.92 Å². The van der Waals surface area contributed by atoms with Crippen LogP contribution in [0.1, 0.15) is 38.7 Å². The van der Waals surface area contributed by atoms with Gasteiger partial charge in [0.05, 0.1) is 18.4 Å². The molecule has 0 aliphatic carbocycles. The summed E-state index contributed by atoms with van der Waals surface area (Å²) in [6, 6.07) is 2.31. The fourth-order valence-corrected chi connectivity index (χ4v) is 2.56. The molecule has 0 saturated carbocycles. The molecule has 1 aliphatic heterocycles. The summed E-state index contributed by atoms with van der Waals surface area (Å²) in [7, 11) is 2.10. The van der Waals surface area contributed by atoms with Gasteiger partial charge in [0.25, 0.3) is 0 Å². The standard InChI is InChI=1S/C15H24N2O2/c1-4-7-19-14-8-13(10-16-11-14)15(18)5-6-17(3)12(2)9-15/h8,10-12,18H,4-7,9H2,1-3H3. The predicted molar refractivity (Wildman–Crippen MR) is 75.2 cm³/mol. The van der Waals surface area contributed by atoms with Crippen LogP contribution in [-0.2, 0) is 5.60 Å². The Bertz CT molecular complexity index is 424. The molecule has 0 spiro atoms. The summed E-state index contributed by atoms with van der Waals surface area (Å²) >= 11 is 0. The molecule has 2 unspecified atom stereocenters. The second kappa shape index (κ2) is 5.88. The Balaban J connectivity index is 2.16. The summed E-state index contributed by atoms with van der Waals surface area (Å²) in [5.41, 5.74) is 0.103. The number of hydrogen-bond donors (Lipinski definition) is 1. The monoisotopic (exact) mass is 264 g/mol. The lowest BCUT2D eigenvalue weighted by Gasteiger charge is -2.41. The minimum Gasteiger partial charge on any atom is -0.492 e. The molecule has 1 saturated heterocycles. The maximum atomic E-state index is 10.9. The lowest BCUT2D eigenvalue weighted by Crippen LogP contribution is -2.45. The van der Waals surface area contributed by atoms with E-state index in [1.165, 1.54) is 0 Å². The van der Waals surface area contributed by atoms with Crippen LogP contribution in [0.4, 0.5) is 0 Å². The van der Waals surface area contributed by atoms with Crippen molar-refractivity contribution in [3.8, 4) is 5.75 Å². The molecule has 0 radical (unpaired) electrons. The fraction of sp³-hybridized carbons (Fsp3) is 0.667. The second-order valence-electron chi connectivity index (χ2n) is 5.57. The van der Waals surface area contributed by atoms with Gasteiger partial charge in [-0.05, 0) is 39.3 Å². The number of likely N-dealkylation sites (tertiary alicyclic amines) is 1. The molecule has 0 amide bonds. The first-order valence-corrected chi connectivity index (χ1v) is 7.06. The van der Waals surface area contributed by atoms with Crippen molar-refractivity contribution in [1.82, 2.24) is 9.88 Å². The maximum Gasteiger partial charge on any atom is 0.137 e. The number of pyridine rings is 1. The van der Waals surface area contributed by atoms with Crippen molar-refractivity contribution in [1.29, 1.82) is 0 Å². The third kappa shape index (κ3) is 3.25. The lowest BCUT2D eigenvalue weighted by molar-refractivity contribution is -0.0412. The highest BCUT2D eigenvalue weighted by atomic mass is 16.5. The fourth-order valence-electron chi connectivity index (χ4n) is 2.56. The van der Waals surface area contributed by atoms with Gasteiger partial charge in [0.15, 0.2) is 0 Å². The van der Waals surface area contributed by atoms with Crippen LogP contribution >= 0.6 is 0 Å². The lowest BCUT2D eigenvalue weighted by atomic mass is 9.82. The maximum absolute atomic E-state index is 10.9. The van der Waals surface area contributed by atoms with E-state index in [-0.39, 0.29) is 0 Å². The van der Waals surface area contributed by atoms with Crippen LogP contribution in [0.15, 0.2) is 18.5 Å². The quantitative estimate of drug-likeness (QED) is 0.905. The zero-order valence-electron chi connectivity index (χ0n) is 12.1. The van der Waals surface area contributed by atoms with Gasteiger partial charge < -0.3 is 14.7 Å². The number of nitrogens with zero attached hydrogens (tertiary/aromatic N) is 2. The molecule has 2 rings (SSSR count). The van der Waals surface area contributed by atoms with E-state index in [1.54, 1.807) is 12.4 Å². The highest BCUT2D eigenvalue weighted by Gasteiger charge is 2.37. The zero-order chi connectivity index (χ0) is 13.9. The van der Waals surface area contributed by atoms with E-state index < -0.39 is 5.60 Å². The highest BCUT2D eigenvalue weighted by molar-refractivity contribution is 5.29. The third-order valence-electron chi connectivity index (χ3n) is 3.99. The predicted octanol–water partition coefficient (Wildman–Crippen LogP) is 2.17. The first-order chi connectivity index (χ1) is 9.05. The van der Waals surface area contributed by atoms with Gasteiger partial charge in [-0.25, -0.2) is 0 Å². The molecule has 1 aromatic rings. The molecule has 106 valence electrons. The van der Waals surface area contributed by atoms with E-state index in [1.807, 2.05) is 6.07 Å². The second-order valence-corrected chi connectivity index (χ2v) is 5.57. The number of rotatable bonds is 4. The summed E-state index contributed by atoms with van der Waals surface area (Å²) in [5.74, 6) is 0.749. The van der Waals surface area contributed by atoms with Crippen LogP contribution in [0.3, 0.4) is 0 Å². The largest absolute Gasteiger partial charge is 0.492 e. The number of piperidine rings is 1. The minimum absolute atomic E-state index is 0.374. The SMILES string of the molecule is CCCOc1cncc(C2(O)CCN(C)C(C)C2)c1. The van der Waals surface area contributed by atoms with Gasteiger partial charge in [-0.3, -0.25) is 4.98 Å². The summed E-state index contributed by atoms with van der Waals surface area (Å²) in [6.45, 7) is 5.80. The average molecular weight is 264 g/mol. The van der Waals surface area contributed by atoms with Crippen LogP contribution < -0.4 is 4.74 Å². The van der Waals surface area contributed by atoms with E-state index in [2.05, 4.69) is 30.8 Å². The van der Waals surface area contributed by atoms with E-state index in [0.717, 1.165) is 37.1 Å². The molecular weight excluding hydrogens is 240 g/mol. The summed E-state index contributed by atoms with van der Waals surface area (Å²) in [6.07, 6.45) is 5.92. The number of aliphatic hydroxyl groups is 1. The molecule has 0 bridgehead atoms. The average Bonchev–Trinajstić information content (AvgIpc) is 2.41. The molecule has 4 heteroatoms. The van der Waals surface area contributed by atoms with Crippen molar-refractivity contribution in [2.24, 2.45) is 0 Å². The molecule has 4 nitrogen and oxygen atoms in total. The molecule has 19 heavy (non-hydrogen) atoms. The Kier molecular flexibility index (Phi) is 4.42. The van der Waals surface area contributed by atoms with Crippen LogP contribution in [0.2, 0.25) is 0 Å². The molecule has 1 aromatic heterocycles. The van der Waals surface area contributed by atoms with Crippen molar-refractivity contribution < 1.29 is 9.84 Å². The van der Waals surface area contributed by atoms with Crippen molar-refractivity contribution in [3.63, 3.8) is 0 Å². The van der Waals surface area contributed by atoms with Gasteiger partial charge in [-0.2, -0.15) is 0 Å². The number of hydrogen-bond acceptors (Lipinski definition) is 4. The van der Waals surface area contributed by atoms with Crippen LogP contribution in [0.25, 0.3) is 0 Å². The number of ether oxygens (including phenoxy) is 1. The minimum atomic E-state index is -0.773. The summed E-state index contributed by atoms with van der Waals surface area (Å²) < 4.78 is 5.60. The number of aromatic nitrogens is 1. The molecule has 0 aromatic carbocycles. The zero-order valence-corrected chi connectivity index (χ0v) is 12.1. The Hall–Kier alpha value is -1.13. The van der Waals surface area contributed by atoms with Gasteiger partial charge in [0, 0.05) is 24.3 Å². The molecule has 1 N–H and O–H groups in total. The third-order valence-corrected chi connectivity index (χ3v) is 3.99. The van der Waals surface area contributed by atoms with Crippen molar-refractivity contribution in [2.75, 3.05) is 20.2 Å². The smallest absolute Gasteiger partial charge is 0.137 e. The van der Waals surface area contributed by atoms with E-state index in [0.29, 0.717) is 12.6 Å². The molecular formula is C15H24N2O2. The Morgan fingerprint density at radius 2 is 2.32 bits per heavy atom. The topological polar surface area (TPSA) is 45.6 Å². The van der Waals surface area contributed by atoms with Crippen LogP contribution in [0, 0.1) is 0 Å². The van der Waals surface area contributed by atoms with Gasteiger partial charge in [0.1, 0.15) is 5.75 Å². The van der Waals surface area contributed by atoms with Gasteiger partial charge in [0.2, 0.25) is 0 Å². The molecule has 2 atom stereocenters. The van der Waals surface area contributed by atoms with Crippen LogP contribution in [-0.4, -0.2) is 41.2 Å². The highest BCUT2D eigenvalue weighted by Crippen LogP contribution is 2.35. The summed E-state index contributed by atoms with van der Waals surface area (Å²) in [5, 5.41) is 10.9. The molecule has 1 aliphatic rings. The molecule has 1 fully saturated rings. The van der Waals surface area contributed by atoms with Crippen molar-refractivity contribution in [3.05, 3.63) is 24.0 Å². The first kappa shape index (κ1) is 14.3. The van der Waals surface area contributed by atoms with Crippen molar-refractivity contribution >= 4 is 0 Å². The van der Waals surface area contributed by atoms with E-state index in [4.69, 9.17) is 4.74 Å². The van der Waals surface area contributed by atoms with E-state index >= 15 is 0 Å². The van der Waals surface area contributed by atoms with Crippen LogP contribution in [0.5, 0.6) is 5.75 Å². The normalized spacial score (nSPS) is 28.3. The van der Waals surface area contributed by atoms with Gasteiger partial charge in [-0.15, -0.1) is 0 Å². The first-order valence-electron chi connectivity index (χ1n) is 7.06. The van der Waals surface area contributed by atoms with E-state index in [9.17, 15) is 5.11 Å². The Morgan fingerprint density at radius 3 is 3.00 bits per heavy atom. The Morgan fingerprint density at radius 1 is 1.53 bits per heavy atom. The molecule has 2 heterocycles. The Labute approximate surface area is 115 Å². The van der Waals surface area contributed by atoms with Gasteiger partial charge >= 0.3 is 0 Å².